The van der Waals surface area contributed by atoms with Crippen LogP contribution in [0.2, 0.25) is 0 Å². The van der Waals surface area contributed by atoms with Crippen molar-refractivity contribution in [2.75, 3.05) is 24.9 Å². The third-order valence-corrected chi connectivity index (χ3v) is 5.84. The van der Waals surface area contributed by atoms with Crippen LogP contribution in [0.15, 0.2) is 60.7 Å². The van der Waals surface area contributed by atoms with Gasteiger partial charge < -0.3 is 14.9 Å². The third-order valence-electron chi connectivity index (χ3n) is 5.49. The standard InChI is InChI=1S/C25H25ClN2O2/c1-27(2)16-18-9-7-17(8-10-18)11-12-25(30)28-19(15-26)13-22-20-5-3-4-6-21(20)24(29)14-23(22)28/h3-12,14,19,29H,13,15-16H2,1-2H3/b12-11+. The van der Waals surface area contributed by atoms with Gasteiger partial charge in [0, 0.05) is 30.0 Å². The Kier molecular flexibility index (Phi) is 5.80. The fourth-order valence-electron chi connectivity index (χ4n) is 4.12. The second-order valence-corrected chi connectivity index (χ2v) is 8.28. The summed E-state index contributed by atoms with van der Waals surface area (Å²) in [4.78, 5) is 16.9. The van der Waals surface area contributed by atoms with Gasteiger partial charge in [-0.05, 0) is 48.7 Å². The lowest BCUT2D eigenvalue weighted by molar-refractivity contribution is -0.114. The van der Waals surface area contributed by atoms with Crippen molar-refractivity contribution < 1.29 is 9.90 Å². The molecule has 0 aromatic heterocycles. The summed E-state index contributed by atoms with van der Waals surface area (Å²) in [5, 5.41) is 12.3. The molecule has 0 saturated heterocycles. The van der Waals surface area contributed by atoms with E-state index in [1.807, 2.05) is 56.6 Å². The van der Waals surface area contributed by atoms with Gasteiger partial charge >= 0.3 is 0 Å². The number of hydrogen-bond acceptors (Lipinski definition) is 3. The van der Waals surface area contributed by atoms with Crippen molar-refractivity contribution in [2.24, 2.45) is 0 Å². The molecule has 30 heavy (non-hydrogen) atoms. The Labute approximate surface area is 182 Å². The van der Waals surface area contributed by atoms with Crippen molar-refractivity contribution in [2.45, 2.75) is 19.0 Å². The van der Waals surface area contributed by atoms with Crippen LogP contribution in [-0.2, 0) is 17.8 Å². The van der Waals surface area contributed by atoms with E-state index in [9.17, 15) is 9.90 Å². The number of fused-ring (bicyclic) bond motifs is 3. The molecule has 1 N–H and O–H groups in total. The van der Waals surface area contributed by atoms with Crippen LogP contribution in [0.25, 0.3) is 16.8 Å². The molecular weight excluding hydrogens is 396 g/mol. The van der Waals surface area contributed by atoms with Crippen LogP contribution in [0.3, 0.4) is 0 Å². The average Bonchev–Trinajstić information content (AvgIpc) is 3.11. The van der Waals surface area contributed by atoms with Gasteiger partial charge in [0.1, 0.15) is 5.75 Å². The van der Waals surface area contributed by atoms with Gasteiger partial charge in [0.15, 0.2) is 0 Å². The predicted octanol–water partition coefficient (Wildman–Crippen LogP) is 4.82. The topological polar surface area (TPSA) is 43.8 Å². The summed E-state index contributed by atoms with van der Waals surface area (Å²) in [7, 11) is 4.07. The molecule has 1 aliphatic rings. The van der Waals surface area contributed by atoms with Gasteiger partial charge in [0.2, 0.25) is 0 Å². The van der Waals surface area contributed by atoms with Gasteiger partial charge in [-0.15, -0.1) is 11.6 Å². The maximum Gasteiger partial charge on any atom is 0.251 e. The quantitative estimate of drug-likeness (QED) is 0.475. The first-order valence-corrected chi connectivity index (χ1v) is 10.6. The number of phenolic OH excluding ortho intramolecular Hbond substituents is 1. The first-order chi connectivity index (χ1) is 14.5. The van der Waals surface area contributed by atoms with Crippen LogP contribution in [0.5, 0.6) is 5.75 Å². The lowest BCUT2D eigenvalue weighted by Gasteiger charge is -2.22. The van der Waals surface area contributed by atoms with Gasteiger partial charge in [-0.25, -0.2) is 0 Å². The molecule has 1 aliphatic heterocycles. The highest BCUT2D eigenvalue weighted by Crippen LogP contribution is 2.42. The fraction of sp³-hybridized carbons (Fsp3) is 0.240. The van der Waals surface area contributed by atoms with E-state index in [2.05, 4.69) is 17.0 Å². The van der Waals surface area contributed by atoms with E-state index in [1.165, 1.54) is 5.56 Å². The van der Waals surface area contributed by atoms with Crippen LogP contribution < -0.4 is 4.90 Å². The number of aromatic hydroxyl groups is 1. The monoisotopic (exact) mass is 420 g/mol. The Hall–Kier alpha value is -2.82. The van der Waals surface area contributed by atoms with E-state index in [0.717, 1.165) is 34.1 Å². The normalized spacial score (nSPS) is 16.0. The number of amides is 1. The maximum absolute atomic E-state index is 13.1. The van der Waals surface area contributed by atoms with E-state index >= 15 is 0 Å². The third kappa shape index (κ3) is 3.93. The SMILES string of the molecule is CN(C)Cc1ccc(/C=C/C(=O)N2c3cc(O)c4ccccc4c3CC2CCl)cc1. The van der Waals surface area contributed by atoms with Crippen molar-refractivity contribution in [3.63, 3.8) is 0 Å². The van der Waals surface area contributed by atoms with E-state index in [0.29, 0.717) is 12.3 Å². The summed E-state index contributed by atoms with van der Waals surface area (Å²) < 4.78 is 0. The van der Waals surface area contributed by atoms with Gasteiger partial charge in [0.25, 0.3) is 5.91 Å². The molecule has 0 bridgehead atoms. The Bertz CT molecular complexity index is 1110. The summed E-state index contributed by atoms with van der Waals surface area (Å²) in [6, 6.07) is 17.4. The van der Waals surface area contributed by atoms with Crippen LogP contribution in [0.4, 0.5) is 5.69 Å². The highest BCUT2D eigenvalue weighted by Gasteiger charge is 2.34. The van der Waals surface area contributed by atoms with Crippen molar-refractivity contribution in [3.05, 3.63) is 77.4 Å². The van der Waals surface area contributed by atoms with Crippen LogP contribution in [0, 0.1) is 0 Å². The molecule has 4 nitrogen and oxygen atoms in total. The second-order valence-electron chi connectivity index (χ2n) is 7.97. The zero-order valence-electron chi connectivity index (χ0n) is 17.2. The number of carbonyl (C=O) groups is 1. The minimum absolute atomic E-state index is 0.133. The number of anilines is 1. The highest BCUT2D eigenvalue weighted by molar-refractivity contribution is 6.19. The Morgan fingerprint density at radius 2 is 1.87 bits per heavy atom. The summed E-state index contributed by atoms with van der Waals surface area (Å²) in [5.74, 6) is 0.382. The maximum atomic E-state index is 13.1. The molecule has 0 saturated carbocycles. The average molecular weight is 421 g/mol. The van der Waals surface area contributed by atoms with Crippen LogP contribution in [-0.4, -0.2) is 41.9 Å². The van der Waals surface area contributed by atoms with Crippen molar-refractivity contribution >= 4 is 40.0 Å². The molecule has 1 heterocycles. The molecule has 4 rings (SSSR count). The van der Waals surface area contributed by atoms with Crippen molar-refractivity contribution in [3.8, 4) is 5.75 Å². The lowest BCUT2D eigenvalue weighted by Crippen LogP contribution is -2.37. The zero-order valence-corrected chi connectivity index (χ0v) is 17.9. The molecule has 1 unspecified atom stereocenters. The molecule has 0 fully saturated rings. The van der Waals surface area contributed by atoms with E-state index in [4.69, 9.17) is 11.6 Å². The van der Waals surface area contributed by atoms with Crippen LogP contribution in [0.1, 0.15) is 16.7 Å². The number of carbonyl (C=O) groups excluding carboxylic acids is 1. The molecular formula is C25H25ClN2O2. The molecule has 154 valence electrons. The highest BCUT2D eigenvalue weighted by atomic mass is 35.5. The fourth-order valence-corrected chi connectivity index (χ4v) is 4.37. The number of phenols is 1. The molecule has 0 spiro atoms. The van der Waals surface area contributed by atoms with Gasteiger partial charge in [0.05, 0.1) is 11.7 Å². The van der Waals surface area contributed by atoms with Crippen LogP contribution >= 0.6 is 11.6 Å². The minimum atomic E-state index is -0.133. The molecule has 0 radical (unpaired) electrons. The van der Waals surface area contributed by atoms with Gasteiger partial charge in [-0.2, -0.15) is 0 Å². The number of halogens is 1. The molecule has 3 aromatic rings. The van der Waals surface area contributed by atoms with Gasteiger partial charge in [-0.1, -0.05) is 48.5 Å². The molecule has 3 aromatic carbocycles. The van der Waals surface area contributed by atoms with Crippen molar-refractivity contribution in [1.29, 1.82) is 0 Å². The predicted molar refractivity (Wildman–Crippen MR) is 124 cm³/mol. The van der Waals surface area contributed by atoms with Crippen molar-refractivity contribution in [1.82, 2.24) is 4.90 Å². The Morgan fingerprint density at radius 3 is 2.53 bits per heavy atom. The summed E-state index contributed by atoms with van der Waals surface area (Å²) in [6.07, 6.45) is 4.09. The molecule has 1 amide bonds. The summed E-state index contributed by atoms with van der Waals surface area (Å²) in [6.45, 7) is 0.877. The summed E-state index contributed by atoms with van der Waals surface area (Å²) >= 11 is 6.22. The first kappa shape index (κ1) is 20.5. The zero-order chi connectivity index (χ0) is 21.3. The lowest BCUT2D eigenvalue weighted by atomic mass is 10.0. The largest absolute Gasteiger partial charge is 0.507 e. The smallest absolute Gasteiger partial charge is 0.251 e. The summed E-state index contributed by atoms with van der Waals surface area (Å²) in [5.41, 5.74) is 3.99. The molecule has 1 atom stereocenters. The molecule has 5 heteroatoms. The number of nitrogens with zero attached hydrogens (tertiary/aromatic N) is 2. The number of benzene rings is 3. The number of alkyl halides is 1. The Morgan fingerprint density at radius 1 is 1.17 bits per heavy atom. The number of rotatable bonds is 5. The second kappa shape index (κ2) is 8.50. The minimum Gasteiger partial charge on any atom is -0.507 e. The number of hydrogen-bond donors (Lipinski definition) is 1. The molecule has 0 aliphatic carbocycles. The first-order valence-electron chi connectivity index (χ1n) is 10.0. The van der Waals surface area contributed by atoms with E-state index in [1.54, 1.807) is 17.0 Å². The Balaban J connectivity index is 1.62. The van der Waals surface area contributed by atoms with Gasteiger partial charge in [-0.3, -0.25) is 4.79 Å². The van der Waals surface area contributed by atoms with E-state index < -0.39 is 0 Å². The van der Waals surface area contributed by atoms with E-state index in [-0.39, 0.29) is 17.7 Å².